The Bertz CT molecular complexity index is 1050. The third kappa shape index (κ3) is 5.35. The van der Waals surface area contributed by atoms with E-state index in [-0.39, 0.29) is 11.9 Å². The zero-order chi connectivity index (χ0) is 23.2. The number of hydrogen-bond acceptors (Lipinski definition) is 5. The minimum Gasteiger partial charge on any atom is -0.349 e. The van der Waals surface area contributed by atoms with Gasteiger partial charge < -0.3 is 9.88 Å². The molecule has 0 aromatic carbocycles. The van der Waals surface area contributed by atoms with Gasteiger partial charge >= 0.3 is 0 Å². The number of carbonyl (C=O) groups is 1. The van der Waals surface area contributed by atoms with E-state index in [9.17, 15) is 4.79 Å². The summed E-state index contributed by atoms with van der Waals surface area (Å²) in [4.78, 5) is 26.8. The highest BCUT2D eigenvalue weighted by atomic mass is 32.1. The third-order valence-electron chi connectivity index (χ3n) is 6.76. The second kappa shape index (κ2) is 11.1. The molecule has 176 valence electrons. The number of amides is 1. The second-order valence-corrected chi connectivity index (χ2v) is 9.90. The number of thiazole rings is 1. The summed E-state index contributed by atoms with van der Waals surface area (Å²) in [6.07, 6.45) is 15.4. The highest BCUT2D eigenvalue weighted by Gasteiger charge is 2.26. The van der Waals surface area contributed by atoms with E-state index in [1.807, 2.05) is 0 Å². The van der Waals surface area contributed by atoms with Gasteiger partial charge in [-0.1, -0.05) is 46.0 Å². The average molecular weight is 466 g/mol. The lowest BCUT2D eigenvalue weighted by molar-refractivity contribution is 0.0932. The highest BCUT2D eigenvalue weighted by molar-refractivity contribution is 7.13. The van der Waals surface area contributed by atoms with Crippen LogP contribution in [0.5, 0.6) is 0 Å². The van der Waals surface area contributed by atoms with Crippen molar-refractivity contribution in [2.24, 2.45) is 0 Å². The van der Waals surface area contributed by atoms with Gasteiger partial charge in [-0.25, -0.2) is 4.98 Å². The van der Waals surface area contributed by atoms with Crippen molar-refractivity contribution in [3.05, 3.63) is 41.3 Å². The van der Waals surface area contributed by atoms with Crippen LogP contribution in [-0.4, -0.2) is 31.5 Å². The summed E-state index contributed by atoms with van der Waals surface area (Å²) in [5.41, 5.74) is 4.55. The quantitative estimate of drug-likeness (QED) is 0.387. The van der Waals surface area contributed by atoms with Crippen LogP contribution in [0, 0.1) is 6.92 Å². The van der Waals surface area contributed by atoms with E-state index in [1.54, 1.807) is 29.9 Å². The molecule has 1 atom stereocenters. The molecule has 7 heteroatoms. The first-order valence-electron chi connectivity index (χ1n) is 12.4. The predicted molar refractivity (Wildman–Crippen MR) is 134 cm³/mol. The van der Waals surface area contributed by atoms with Crippen molar-refractivity contribution in [1.82, 2.24) is 24.8 Å². The summed E-state index contributed by atoms with van der Waals surface area (Å²) in [5, 5.41) is 6.23. The molecule has 33 heavy (non-hydrogen) atoms. The monoisotopic (exact) mass is 465 g/mol. The van der Waals surface area contributed by atoms with Crippen molar-refractivity contribution in [3.63, 3.8) is 0 Å². The molecule has 3 aromatic heterocycles. The standard InChI is InChI=1S/C26H35N5OS/c1-4-6-10-19(5-2)29-25(32)21-15-24(31(18(21)3)20-11-8-7-9-12-20)23-17-33-26(30-23)22-16-27-13-14-28-22/h13-17,19-20H,4-12H2,1-3H3,(H,29,32). The highest BCUT2D eigenvalue weighted by Crippen LogP contribution is 2.37. The van der Waals surface area contributed by atoms with E-state index < -0.39 is 0 Å². The fourth-order valence-electron chi connectivity index (χ4n) is 4.87. The molecule has 4 rings (SSSR count). The van der Waals surface area contributed by atoms with E-state index in [2.05, 4.69) is 52.1 Å². The zero-order valence-electron chi connectivity index (χ0n) is 20.0. The molecule has 1 amide bonds. The number of carbonyl (C=O) groups excluding carboxylic acids is 1. The molecule has 0 saturated heterocycles. The molecule has 1 unspecified atom stereocenters. The fourth-order valence-corrected chi connectivity index (χ4v) is 5.64. The molecule has 3 heterocycles. The molecule has 0 bridgehead atoms. The molecule has 1 N–H and O–H groups in total. The SMILES string of the molecule is CCCCC(CC)NC(=O)c1cc(-c2csc(-c3cnccn3)n2)n(C2CCCCC2)c1C. The van der Waals surface area contributed by atoms with Gasteiger partial charge in [-0.05, 0) is 38.7 Å². The minimum atomic E-state index is 0.0376. The van der Waals surface area contributed by atoms with Gasteiger partial charge in [0.15, 0.2) is 0 Å². The van der Waals surface area contributed by atoms with Gasteiger partial charge in [0.2, 0.25) is 0 Å². The lowest BCUT2D eigenvalue weighted by Crippen LogP contribution is -2.34. The van der Waals surface area contributed by atoms with Crippen LogP contribution in [0.2, 0.25) is 0 Å². The lowest BCUT2D eigenvalue weighted by atomic mass is 9.95. The van der Waals surface area contributed by atoms with E-state index >= 15 is 0 Å². The number of hydrogen-bond donors (Lipinski definition) is 1. The Balaban J connectivity index is 1.69. The first-order valence-corrected chi connectivity index (χ1v) is 13.2. The van der Waals surface area contributed by atoms with Gasteiger partial charge in [-0.2, -0.15) is 0 Å². The summed E-state index contributed by atoms with van der Waals surface area (Å²) in [6.45, 7) is 6.43. The van der Waals surface area contributed by atoms with Gasteiger partial charge in [-0.3, -0.25) is 14.8 Å². The normalized spacial score (nSPS) is 15.5. The molecular formula is C26H35N5OS. The van der Waals surface area contributed by atoms with Gasteiger partial charge in [0.05, 0.1) is 23.1 Å². The molecule has 0 spiro atoms. The number of unbranched alkanes of at least 4 members (excludes halogenated alkanes) is 1. The third-order valence-corrected chi connectivity index (χ3v) is 7.62. The molecule has 1 fully saturated rings. The second-order valence-electron chi connectivity index (χ2n) is 9.04. The molecule has 1 saturated carbocycles. The van der Waals surface area contributed by atoms with Crippen LogP contribution >= 0.6 is 11.3 Å². The van der Waals surface area contributed by atoms with Crippen LogP contribution in [-0.2, 0) is 0 Å². The lowest BCUT2D eigenvalue weighted by Gasteiger charge is -2.27. The van der Waals surface area contributed by atoms with Crippen molar-refractivity contribution >= 4 is 17.2 Å². The number of nitrogens with one attached hydrogen (secondary N) is 1. The maximum absolute atomic E-state index is 13.3. The Morgan fingerprint density at radius 3 is 2.73 bits per heavy atom. The van der Waals surface area contributed by atoms with Crippen molar-refractivity contribution < 1.29 is 4.79 Å². The first kappa shape index (κ1) is 23.6. The van der Waals surface area contributed by atoms with Crippen LogP contribution in [0.25, 0.3) is 22.1 Å². The molecule has 1 aliphatic carbocycles. The van der Waals surface area contributed by atoms with E-state index in [0.29, 0.717) is 6.04 Å². The van der Waals surface area contributed by atoms with E-state index in [4.69, 9.17) is 4.98 Å². The average Bonchev–Trinajstić information content (AvgIpc) is 3.47. The Morgan fingerprint density at radius 1 is 1.21 bits per heavy atom. The van der Waals surface area contributed by atoms with Crippen LogP contribution in [0.4, 0.5) is 0 Å². The first-order chi connectivity index (χ1) is 16.1. The van der Waals surface area contributed by atoms with Gasteiger partial charge in [0, 0.05) is 35.6 Å². The Hall–Kier alpha value is -2.54. The molecule has 6 nitrogen and oxygen atoms in total. The van der Waals surface area contributed by atoms with Crippen LogP contribution < -0.4 is 5.32 Å². The van der Waals surface area contributed by atoms with Gasteiger partial charge in [0.1, 0.15) is 10.7 Å². The largest absolute Gasteiger partial charge is 0.349 e. The predicted octanol–water partition coefficient (Wildman–Crippen LogP) is 6.58. The summed E-state index contributed by atoms with van der Waals surface area (Å²) in [5.74, 6) is 0.0376. The molecule has 0 aliphatic heterocycles. The van der Waals surface area contributed by atoms with Crippen LogP contribution in [0.1, 0.15) is 93.7 Å². The summed E-state index contributed by atoms with van der Waals surface area (Å²) >= 11 is 1.57. The summed E-state index contributed by atoms with van der Waals surface area (Å²) < 4.78 is 2.39. The Morgan fingerprint density at radius 2 is 2.03 bits per heavy atom. The number of rotatable bonds is 9. The minimum absolute atomic E-state index is 0.0376. The smallest absolute Gasteiger partial charge is 0.253 e. The van der Waals surface area contributed by atoms with Crippen molar-refractivity contribution in [2.75, 3.05) is 0 Å². The van der Waals surface area contributed by atoms with E-state index in [1.165, 1.54) is 19.3 Å². The number of aromatic nitrogens is 4. The molecular weight excluding hydrogens is 430 g/mol. The van der Waals surface area contributed by atoms with Gasteiger partial charge in [-0.15, -0.1) is 11.3 Å². The topological polar surface area (TPSA) is 72.7 Å². The summed E-state index contributed by atoms with van der Waals surface area (Å²) in [6, 6.07) is 2.70. The van der Waals surface area contributed by atoms with Crippen molar-refractivity contribution in [1.29, 1.82) is 0 Å². The summed E-state index contributed by atoms with van der Waals surface area (Å²) in [7, 11) is 0. The van der Waals surface area contributed by atoms with Crippen molar-refractivity contribution in [3.8, 4) is 22.1 Å². The maximum Gasteiger partial charge on any atom is 0.253 e. The number of nitrogens with zero attached hydrogens (tertiary/aromatic N) is 4. The van der Waals surface area contributed by atoms with Crippen LogP contribution in [0.15, 0.2) is 30.0 Å². The van der Waals surface area contributed by atoms with E-state index in [0.717, 1.165) is 71.9 Å². The molecule has 0 radical (unpaired) electrons. The van der Waals surface area contributed by atoms with Crippen LogP contribution in [0.3, 0.4) is 0 Å². The van der Waals surface area contributed by atoms with Gasteiger partial charge in [0.25, 0.3) is 5.91 Å². The molecule has 3 aromatic rings. The Labute approximate surface area is 200 Å². The maximum atomic E-state index is 13.3. The fraction of sp³-hybridized carbons (Fsp3) is 0.538. The van der Waals surface area contributed by atoms with Crippen molar-refractivity contribution in [2.45, 2.75) is 90.6 Å². The Kier molecular flexibility index (Phi) is 7.91. The zero-order valence-corrected chi connectivity index (χ0v) is 20.8. The molecule has 1 aliphatic rings.